The normalized spacial score (nSPS) is 13.6. The number of benzene rings is 1. The van der Waals surface area contributed by atoms with E-state index in [1.165, 1.54) is 36.9 Å². The van der Waals surface area contributed by atoms with Crippen LogP contribution in [0.4, 0.5) is 5.00 Å². The van der Waals surface area contributed by atoms with Crippen molar-refractivity contribution in [3.8, 4) is 0 Å². The number of thiazole rings is 1. The molecule has 0 fully saturated rings. The molecule has 1 aromatic carbocycles. The highest BCUT2D eigenvalue weighted by Gasteiger charge is 2.26. The first-order valence-corrected chi connectivity index (χ1v) is 15.0. The number of fused-ring (bicyclic) bond motifs is 2. The summed E-state index contributed by atoms with van der Waals surface area (Å²) in [5, 5.41) is 3.38. The average molecular weight is 576 g/mol. The number of thioether (sulfide) groups is 1. The van der Waals surface area contributed by atoms with Gasteiger partial charge in [0.05, 0.1) is 47.1 Å². The van der Waals surface area contributed by atoms with Gasteiger partial charge in [-0.3, -0.25) is 9.59 Å². The van der Waals surface area contributed by atoms with Gasteiger partial charge in [-0.25, -0.2) is 9.59 Å². The topological polar surface area (TPSA) is 116 Å². The predicted octanol–water partition coefficient (Wildman–Crippen LogP) is 4.43. The Morgan fingerprint density at radius 3 is 2.53 bits per heavy atom. The predicted molar refractivity (Wildman–Crippen MR) is 150 cm³/mol. The van der Waals surface area contributed by atoms with Gasteiger partial charge >= 0.3 is 11.9 Å². The second-order valence-corrected chi connectivity index (χ2v) is 11.7. The van der Waals surface area contributed by atoms with Crippen molar-refractivity contribution in [3.05, 3.63) is 44.6 Å². The molecule has 0 spiro atoms. The van der Waals surface area contributed by atoms with Gasteiger partial charge in [0.15, 0.2) is 4.80 Å². The molecular formula is C26H29N3O6S3. The Hall–Kier alpha value is -2.96. The van der Waals surface area contributed by atoms with Crippen LogP contribution >= 0.6 is 34.4 Å². The van der Waals surface area contributed by atoms with Crippen molar-refractivity contribution < 1.29 is 28.7 Å². The fourth-order valence-corrected chi connectivity index (χ4v) is 7.43. The Morgan fingerprint density at radius 2 is 1.79 bits per heavy atom. The molecule has 0 saturated carbocycles. The molecule has 2 heterocycles. The van der Waals surface area contributed by atoms with Crippen LogP contribution < -0.4 is 10.1 Å². The summed E-state index contributed by atoms with van der Waals surface area (Å²) in [6, 6.07) is 5.23. The van der Waals surface area contributed by atoms with E-state index in [4.69, 9.17) is 9.47 Å². The van der Waals surface area contributed by atoms with Gasteiger partial charge in [-0.2, -0.15) is 4.99 Å². The summed E-state index contributed by atoms with van der Waals surface area (Å²) in [4.78, 5) is 55.5. The maximum Gasteiger partial charge on any atom is 0.341 e. The Labute approximate surface area is 232 Å². The first-order chi connectivity index (χ1) is 18.4. The summed E-state index contributed by atoms with van der Waals surface area (Å²) in [6.45, 7) is 2.56. The lowest BCUT2D eigenvalue weighted by molar-refractivity contribution is -0.115. The molecule has 202 valence electrons. The van der Waals surface area contributed by atoms with Gasteiger partial charge < -0.3 is 19.4 Å². The number of carbonyl (C=O) groups is 4. The van der Waals surface area contributed by atoms with E-state index in [-0.39, 0.29) is 23.3 Å². The van der Waals surface area contributed by atoms with E-state index in [9.17, 15) is 19.2 Å². The molecule has 1 aliphatic carbocycles. The zero-order valence-electron chi connectivity index (χ0n) is 21.5. The quantitative estimate of drug-likeness (QED) is 0.312. The van der Waals surface area contributed by atoms with Crippen molar-refractivity contribution >= 4 is 73.4 Å². The van der Waals surface area contributed by atoms with Crippen LogP contribution in [-0.2, 0) is 38.4 Å². The van der Waals surface area contributed by atoms with Crippen LogP contribution in [0.15, 0.2) is 23.2 Å². The Kier molecular flexibility index (Phi) is 9.40. The van der Waals surface area contributed by atoms with Gasteiger partial charge in [-0.15, -0.1) is 23.1 Å². The lowest BCUT2D eigenvalue weighted by atomic mass is 10.1. The zero-order chi connectivity index (χ0) is 27.2. The summed E-state index contributed by atoms with van der Waals surface area (Å²) in [5.41, 5.74) is 2.76. The number of thiophene rings is 1. The lowest BCUT2D eigenvalue weighted by Crippen LogP contribution is -2.18. The number of nitrogens with one attached hydrogen (secondary N) is 1. The van der Waals surface area contributed by atoms with E-state index in [1.807, 2.05) is 17.6 Å². The summed E-state index contributed by atoms with van der Waals surface area (Å²) in [6.07, 6.45) is 4.88. The number of aryl methyl sites for hydroxylation is 2. The van der Waals surface area contributed by atoms with Crippen molar-refractivity contribution in [2.24, 2.45) is 4.99 Å². The van der Waals surface area contributed by atoms with Gasteiger partial charge in [-0.1, -0.05) is 17.8 Å². The molecule has 38 heavy (non-hydrogen) atoms. The Morgan fingerprint density at radius 1 is 1.03 bits per heavy atom. The SMILES string of the molecule is CCn1c(=NC(=O)CSCC(=O)Nc2sc3c(c2C(=O)OC)CCCCC3)sc2cc(C(=O)OC)ccc21. The Bertz CT molecular complexity index is 1450. The molecule has 0 unspecified atom stereocenters. The van der Waals surface area contributed by atoms with Crippen LogP contribution in [0.1, 0.15) is 57.3 Å². The molecule has 1 aliphatic rings. The van der Waals surface area contributed by atoms with E-state index >= 15 is 0 Å². The molecule has 2 aromatic heterocycles. The monoisotopic (exact) mass is 575 g/mol. The van der Waals surface area contributed by atoms with Crippen LogP contribution in [-0.4, -0.2) is 54.0 Å². The molecule has 1 N–H and O–H groups in total. The third kappa shape index (κ3) is 6.19. The number of ether oxygens (including phenoxy) is 2. The highest BCUT2D eigenvalue weighted by molar-refractivity contribution is 8.00. The molecule has 2 amide bonds. The molecule has 12 heteroatoms. The number of hydrogen-bond donors (Lipinski definition) is 1. The van der Waals surface area contributed by atoms with Crippen LogP contribution in [0.25, 0.3) is 10.2 Å². The number of amides is 2. The number of carbonyl (C=O) groups excluding carboxylic acids is 4. The number of rotatable bonds is 8. The standard InChI is InChI=1S/C26H29N3O6S3/c1-4-29-17-11-10-15(24(32)34-2)12-19(17)38-26(29)28-21(31)14-36-13-20(30)27-23-22(25(33)35-3)16-8-6-5-7-9-18(16)37-23/h10-12H,4-9,13-14H2,1-3H3,(H,27,30). The largest absolute Gasteiger partial charge is 0.465 e. The molecular weight excluding hydrogens is 547 g/mol. The van der Waals surface area contributed by atoms with Gasteiger partial charge in [0.25, 0.3) is 5.91 Å². The number of nitrogens with zero attached hydrogens (tertiary/aromatic N) is 2. The highest BCUT2D eigenvalue weighted by Crippen LogP contribution is 2.38. The summed E-state index contributed by atoms with van der Waals surface area (Å²) >= 11 is 3.92. The fourth-order valence-electron chi connectivity index (χ4n) is 4.39. The van der Waals surface area contributed by atoms with Crippen LogP contribution in [0.3, 0.4) is 0 Å². The molecule has 9 nitrogen and oxygen atoms in total. The van der Waals surface area contributed by atoms with E-state index in [1.54, 1.807) is 12.1 Å². The molecule has 3 aromatic rings. The minimum absolute atomic E-state index is 0.0313. The molecule has 0 radical (unpaired) electrons. The lowest BCUT2D eigenvalue weighted by Gasteiger charge is -2.07. The summed E-state index contributed by atoms with van der Waals surface area (Å²) in [7, 11) is 2.67. The first-order valence-electron chi connectivity index (χ1n) is 12.3. The third-order valence-corrected chi connectivity index (χ3v) is 9.33. The molecule has 4 rings (SSSR count). The van der Waals surface area contributed by atoms with E-state index < -0.39 is 11.9 Å². The van der Waals surface area contributed by atoms with Gasteiger partial charge in [0, 0.05) is 11.4 Å². The van der Waals surface area contributed by atoms with E-state index in [2.05, 4.69) is 10.3 Å². The van der Waals surface area contributed by atoms with E-state index in [0.717, 1.165) is 64.5 Å². The zero-order valence-corrected chi connectivity index (χ0v) is 23.9. The van der Waals surface area contributed by atoms with Gasteiger partial charge in [0.2, 0.25) is 5.91 Å². The Balaban J connectivity index is 1.41. The number of anilines is 1. The number of aromatic nitrogens is 1. The number of hydrogen-bond acceptors (Lipinski definition) is 9. The first kappa shape index (κ1) is 28.1. The van der Waals surface area contributed by atoms with Crippen molar-refractivity contribution in [3.63, 3.8) is 0 Å². The van der Waals surface area contributed by atoms with Crippen molar-refractivity contribution in [1.29, 1.82) is 0 Å². The molecule has 0 bridgehead atoms. The summed E-state index contributed by atoms with van der Waals surface area (Å²) < 4.78 is 12.5. The maximum absolute atomic E-state index is 12.7. The number of methoxy groups -OCH3 is 2. The second-order valence-electron chi connectivity index (χ2n) is 8.61. The van der Waals surface area contributed by atoms with Crippen LogP contribution in [0.5, 0.6) is 0 Å². The van der Waals surface area contributed by atoms with Gasteiger partial charge in [0.1, 0.15) is 5.00 Å². The smallest absolute Gasteiger partial charge is 0.341 e. The fraction of sp³-hybridized carbons (Fsp3) is 0.423. The second kappa shape index (κ2) is 12.7. The highest BCUT2D eigenvalue weighted by atomic mass is 32.2. The van der Waals surface area contributed by atoms with Crippen LogP contribution in [0.2, 0.25) is 0 Å². The maximum atomic E-state index is 12.7. The minimum Gasteiger partial charge on any atom is -0.465 e. The van der Waals surface area contributed by atoms with E-state index in [0.29, 0.717) is 27.5 Å². The third-order valence-electron chi connectivity index (χ3n) is 6.16. The number of esters is 2. The van der Waals surface area contributed by atoms with Crippen LogP contribution in [0, 0.1) is 0 Å². The van der Waals surface area contributed by atoms with Crippen molar-refractivity contribution in [1.82, 2.24) is 4.57 Å². The van der Waals surface area contributed by atoms with Crippen molar-refractivity contribution in [2.45, 2.75) is 45.6 Å². The molecule has 0 saturated heterocycles. The van der Waals surface area contributed by atoms with Crippen molar-refractivity contribution in [2.75, 3.05) is 31.0 Å². The average Bonchev–Trinajstić information content (AvgIpc) is 3.33. The molecule has 0 aliphatic heterocycles. The molecule has 0 atom stereocenters. The van der Waals surface area contributed by atoms with Gasteiger partial charge in [-0.05, 0) is 56.4 Å². The minimum atomic E-state index is -0.437. The summed E-state index contributed by atoms with van der Waals surface area (Å²) in [5.74, 6) is -1.43.